The normalized spacial score (nSPS) is 41.1. The average molecular weight is 278 g/mol. The van der Waals surface area contributed by atoms with E-state index in [0.717, 1.165) is 17.9 Å². The van der Waals surface area contributed by atoms with Crippen molar-refractivity contribution < 1.29 is 0 Å². The van der Waals surface area contributed by atoms with Gasteiger partial charge in [0.05, 0.1) is 0 Å². The van der Waals surface area contributed by atoms with E-state index >= 15 is 0 Å². The molecule has 0 bridgehead atoms. The van der Waals surface area contributed by atoms with E-state index < -0.39 is 0 Å². The number of hydrogen-bond acceptors (Lipinski definition) is 2. The molecule has 0 aromatic heterocycles. The summed E-state index contributed by atoms with van der Waals surface area (Å²) in [5.74, 6) is 1.65. The van der Waals surface area contributed by atoms with Crippen LogP contribution in [0, 0.1) is 22.7 Å². The summed E-state index contributed by atoms with van der Waals surface area (Å²) in [4.78, 5) is 2.89. The van der Waals surface area contributed by atoms with Crippen molar-refractivity contribution in [3.05, 3.63) is 0 Å². The standard InChI is InChI=1S/C18H34N2/c1-12(2)14-10-19-18(7,13-8-9-13)11-20(14)15-16(3,4)17(15,5)6/h12-15,19H,8-11H2,1-7H3. The van der Waals surface area contributed by atoms with Gasteiger partial charge < -0.3 is 5.32 Å². The van der Waals surface area contributed by atoms with Crippen molar-refractivity contribution in [2.75, 3.05) is 13.1 Å². The van der Waals surface area contributed by atoms with Gasteiger partial charge in [0.1, 0.15) is 0 Å². The van der Waals surface area contributed by atoms with Crippen LogP contribution in [0.3, 0.4) is 0 Å². The summed E-state index contributed by atoms with van der Waals surface area (Å²) < 4.78 is 0. The summed E-state index contributed by atoms with van der Waals surface area (Å²) in [6, 6.07) is 1.45. The van der Waals surface area contributed by atoms with Crippen molar-refractivity contribution in [3.8, 4) is 0 Å². The Morgan fingerprint density at radius 1 is 1.00 bits per heavy atom. The SMILES string of the molecule is CC(C)C1CNC(C)(C2CC2)CN1C1C(C)(C)C1(C)C. The smallest absolute Gasteiger partial charge is 0.0309 e. The Morgan fingerprint density at radius 3 is 1.95 bits per heavy atom. The summed E-state index contributed by atoms with van der Waals surface area (Å²) in [6.45, 7) is 19.5. The Hall–Kier alpha value is -0.0800. The molecule has 2 unspecified atom stereocenters. The summed E-state index contributed by atoms with van der Waals surface area (Å²) >= 11 is 0. The van der Waals surface area contributed by atoms with Crippen LogP contribution in [0.5, 0.6) is 0 Å². The predicted octanol–water partition coefficient (Wildman–Crippen LogP) is 3.52. The Kier molecular flexibility index (Phi) is 3.14. The lowest BCUT2D eigenvalue weighted by molar-refractivity contribution is 0.0321. The molecule has 1 aliphatic heterocycles. The molecular formula is C18H34N2. The van der Waals surface area contributed by atoms with Gasteiger partial charge in [0.25, 0.3) is 0 Å². The highest BCUT2D eigenvalue weighted by Crippen LogP contribution is 2.66. The van der Waals surface area contributed by atoms with Crippen molar-refractivity contribution in [1.82, 2.24) is 10.2 Å². The maximum Gasteiger partial charge on any atom is 0.0309 e. The molecule has 0 spiro atoms. The number of nitrogens with zero attached hydrogens (tertiary/aromatic N) is 1. The highest BCUT2D eigenvalue weighted by Gasteiger charge is 2.68. The van der Waals surface area contributed by atoms with Gasteiger partial charge in [-0.15, -0.1) is 0 Å². The monoisotopic (exact) mass is 278 g/mol. The molecule has 2 atom stereocenters. The van der Waals surface area contributed by atoms with Gasteiger partial charge in [-0.25, -0.2) is 0 Å². The molecule has 2 nitrogen and oxygen atoms in total. The molecule has 0 aromatic rings. The quantitative estimate of drug-likeness (QED) is 0.850. The molecule has 2 saturated carbocycles. The van der Waals surface area contributed by atoms with E-state index in [1.165, 1.54) is 25.9 Å². The molecule has 3 rings (SSSR count). The van der Waals surface area contributed by atoms with Crippen LogP contribution in [0.1, 0.15) is 61.3 Å². The first-order valence-electron chi connectivity index (χ1n) is 8.62. The van der Waals surface area contributed by atoms with Gasteiger partial charge in [-0.3, -0.25) is 4.90 Å². The van der Waals surface area contributed by atoms with Gasteiger partial charge in [0, 0.05) is 30.7 Å². The van der Waals surface area contributed by atoms with Crippen molar-refractivity contribution in [1.29, 1.82) is 0 Å². The molecule has 2 aliphatic carbocycles. The average Bonchev–Trinajstić information content (AvgIpc) is 3.16. The van der Waals surface area contributed by atoms with Crippen molar-refractivity contribution in [2.45, 2.75) is 78.9 Å². The highest BCUT2D eigenvalue weighted by atomic mass is 15.3. The van der Waals surface area contributed by atoms with E-state index in [9.17, 15) is 0 Å². The number of piperazine rings is 1. The Labute approximate surface area is 125 Å². The van der Waals surface area contributed by atoms with Crippen LogP contribution in [-0.4, -0.2) is 35.6 Å². The second-order valence-electron chi connectivity index (χ2n) is 9.40. The first-order chi connectivity index (χ1) is 9.11. The summed E-state index contributed by atoms with van der Waals surface area (Å²) in [6.07, 6.45) is 2.86. The Bertz CT molecular complexity index is 380. The van der Waals surface area contributed by atoms with Gasteiger partial charge in [-0.2, -0.15) is 0 Å². The largest absolute Gasteiger partial charge is 0.308 e. The van der Waals surface area contributed by atoms with E-state index in [1.54, 1.807) is 0 Å². The zero-order chi connectivity index (χ0) is 14.9. The first-order valence-corrected chi connectivity index (χ1v) is 8.62. The summed E-state index contributed by atoms with van der Waals surface area (Å²) in [5.41, 5.74) is 1.28. The zero-order valence-corrected chi connectivity index (χ0v) is 14.6. The minimum Gasteiger partial charge on any atom is -0.308 e. The summed E-state index contributed by atoms with van der Waals surface area (Å²) in [7, 11) is 0. The topological polar surface area (TPSA) is 15.3 Å². The zero-order valence-electron chi connectivity index (χ0n) is 14.6. The third-order valence-electron chi connectivity index (χ3n) is 7.18. The maximum atomic E-state index is 3.91. The van der Waals surface area contributed by atoms with E-state index in [4.69, 9.17) is 0 Å². The third-order valence-corrected chi connectivity index (χ3v) is 7.18. The van der Waals surface area contributed by atoms with Gasteiger partial charge in [-0.1, -0.05) is 41.5 Å². The fraction of sp³-hybridized carbons (Fsp3) is 1.00. The van der Waals surface area contributed by atoms with E-state index in [-0.39, 0.29) is 0 Å². The molecule has 116 valence electrons. The number of nitrogens with one attached hydrogen (secondary N) is 1. The van der Waals surface area contributed by atoms with E-state index in [1.807, 2.05) is 0 Å². The number of rotatable bonds is 3. The molecule has 2 heteroatoms. The second-order valence-corrected chi connectivity index (χ2v) is 9.40. The van der Waals surface area contributed by atoms with Gasteiger partial charge >= 0.3 is 0 Å². The molecule has 1 N–H and O–H groups in total. The second kappa shape index (κ2) is 4.23. The lowest BCUT2D eigenvalue weighted by Gasteiger charge is -2.49. The van der Waals surface area contributed by atoms with Crippen molar-refractivity contribution in [3.63, 3.8) is 0 Å². The van der Waals surface area contributed by atoms with Crippen LogP contribution in [0.25, 0.3) is 0 Å². The molecule has 0 amide bonds. The lowest BCUT2D eigenvalue weighted by atomic mass is 9.87. The predicted molar refractivity (Wildman–Crippen MR) is 85.8 cm³/mol. The fourth-order valence-corrected chi connectivity index (χ4v) is 4.89. The maximum absolute atomic E-state index is 3.91. The van der Waals surface area contributed by atoms with E-state index in [0.29, 0.717) is 22.4 Å². The van der Waals surface area contributed by atoms with Gasteiger partial charge in [-0.05, 0) is 42.4 Å². The van der Waals surface area contributed by atoms with Crippen LogP contribution >= 0.6 is 0 Å². The van der Waals surface area contributed by atoms with Gasteiger partial charge in [0.2, 0.25) is 0 Å². The summed E-state index contributed by atoms with van der Waals surface area (Å²) in [5, 5.41) is 3.91. The Morgan fingerprint density at radius 2 is 1.55 bits per heavy atom. The third kappa shape index (κ3) is 1.98. The first kappa shape index (κ1) is 14.8. The molecule has 20 heavy (non-hydrogen) atoms. The molecule has 3 fully saturated rings. The number of hydrogen-bond donors (Lipinski definition) is 1. The molecule has 0 aromatic carbocycles. The molecular weight excluding hydrogens is 244 g/mol. The van der Waals surface area contributed by atoms with Crippen LogP contribution in [0.2, 0.25) is 0 Å². The van der Waals surface area contributed by atoms with Crippen LogP contribution in [-0.2, 0) is 0 Å². The molecule has 1 saturated heterocycles. The van der Waals surface area contributed by atoms with Crippen LogP contribution < -0.4 is 5.32 Å². The van der Waals surface area contributed by atoms with Crippen molar-refractivity contribution in [2.24, 2.45) is 22.7 Å². The fourth-order valence-electron chi connectivity index (χ4n) is 4.89. The van der Waals surface area contributed by atoms with Crippen LogP contribution in [0.4, 0.5) is 0 Å². The highest BCUT2D eigenvalue weighted by molar-refractivity contribution is 5.21. The van der Waals surface area contributed by atoms with Gasteiger partial charge in [0.15, 0.2) is 0 Å². The minimum absolute atomic E-state index is 0.361. The lowest BCUT2D eigenvalue weighted by Crippen LogP contribution is -2.66. The van der Waals surface area contributed by atoms with Crippen LogP contribution in [0.15, 0.2) is 0 Å². The Balaban J connectivity index is 1.84. The molecule has 3 aliphatic rings. The molecule has 0 radical (unpaired) electrons. The molecule has 1 heterocycles. The van der Waals surface area contributed by atoms with Crippen molar-refractivity contribution >= 4 is 0 Å². The van der Waals surface area contributed by atoms with E-state index in [2.05, 4.69) is 58.7 Å². The minimum atomic E-state index is 0.361.